The second kappa shape index (κ2) is 7.48. The van der Waals surface area contributed by atoms with Crippen molar-refractivity contribution in [3.8, 4) is 5.75 Å². The van der Waals surface area contributed by atoms with Crippen LogP contribution in [0.3, 0.4) is 0 Å². The van der Waals surface area contributed by atoms with Crippen molar-refractivity contribution in [2.45, 2.75) is 19.5 Å². The molecule has 5 nitrogen and oxygen atoms in total. The molecule has 9 heteroatoms. The highest BCUT2D eigenvalue weighted by molar-refractivity contribution is 7.92. The second-order valence-corrected chi connectivity index (χ2v) is 6.76. The summed E-state index contributed by atoms with van der Waals surface area (Å²) in [6.07, 6.45) is -4.07. The number of ether oxygens (including phenoxy) is 1. The van der Waals surface area contributed by atoms with E-state index >= 15 is 0 Å². The standard InChI is InChI=1S/C13H16F3NO4S/c1-2-6-22(19,20)8-12(18)17-10-4-3-5-11(7-10)21-9-13(14,15)16/h3-5,7H,2,6,8-9H2,1H3,(H,17,18). The molecule has 0 aliphatic heterocycles. The molecule has 0 bridgehead atoms. The minimum atomic E-state index is -4.46. The van der Waals surface area contributed by atoms with Crippen LogP contribution in [0.1, 0.15) is 13.3 Å². The summed E-state index contributed by atoms with van der Waals surface area (Å²) in [7, 11) is -3.48. The Morgan fingerprint density at radius 3 is 2.59 bits per heavy atom. The molecule has 0 radical (unpaired) electrons. The molecule has 0 fully saturated rings. The molecule has 124 valence electrons. The summed E-state index contributed by atoms with van der Waals surface area (Å²) >= 11 is 0. The highest BCUT2D eigenvalue weighted by atomic mass is 32.2. The van der Waals surface area contributed by atoms with Crippen LogP contribution in [0.5, 0.6) is 5.75 Å². The van der Waals surface area contributed by atoms with Gasteiger partial charge in [-0.1, -0.05) is 13.0 Å². The number of sulfone groups is 1. The van der Waals surface area contributed by atoms with Crippen molar-refractivity contribution in [3.63, 3.8) is 0 Å². The number of hydrogen-bond donors (Lipinski definition) is 1. The van der Waals surface area contributed by atoms with Gasteiger partial charge in [-0.15, -0.1) is 0 Å². The average molecular weight is 339 g/mol. The van der Waals surface area contributed by atoms with Crippen LogP contribution in [0, 0.1) is 0 Å². The van der Waals surface area contributed by atoms with E-state index in [4.69, 9.17) is 0 Å². The molecular weight excluding hydrogens is 323 g/mol. The number of carbonyl (C=O) groups excluding carboxylic acids is 1. The first-order chi connectivity index (χ1) is 10.1. The third kappa shape index (κ3) is 7.30. The van der Waals surface area contributed by atoms with Gasteiger partial charge in [-0.25, -0.2) is 8.42 Å². The lowest BCUT2D eigenvalue weighted by atomic mass is 10.3. The molecule has 0 saturated heterocycles. The Labute approximate surface area is 126 Å². The second-order valence-electron chi connectivity index (χ2n) is 4.57. The van der Waals surface area contributed by atoms with Crippen LogP contribution in [-0.2, 0) is 14.6 Å². The van der Waals surface area contributed by atoms with Gasteiger partial charge in [0.2, 0.25) is 5.91 Å². The Kier molecular flexibility index (Phi) is 6.21. The van der Waals surface area contributed by atoms with Gasteiger partial charge in [0, 0.05) is 11.8 Å². The lowest BCUT2D eigenvalue weighted by molar-refractivity contribution is -0.153. The Hall–Kier alpha value is -1.77. The average Bonchev–Trinajstić information content (AvgIpc) is 2.35. The predicted octanol–water partition coefficient (Wildman–Crippen LogP) is 2.39. The maximum Gasteiger partial charge on any atom is 0.422 e. The van der Waals surface area contributed by atoms with Crippen molar-refractivity contribution < 1.29 is 31.1 Å². The smallest absolute Gasteiger partial charge is 0.422 e. The number of benzene rings is 1. The number of anilines is 1. The fraction of sp³-hybridized carbons (Fsp3) is 0.462. The zero-order valence-corrected chi connectivity index (χ0v) is 12.6. The van der Waals surface area contributed by atoms with Crippen LogP contribution in [-0.4, -0.2) is 38.6 Å². The Balaban J connectivity index is 2.65. The van der Waals surface area contributed by atoms with Gasteiger partial charge < -0.3 is 10.1 Å². The maximum absolute atomic E-state index is 12.0. The van der Waals surface area contributed by atoms with Crippen molar-refractivity contribution in [2.24, 2.45) is 0 Å². The number of carbonyl (C=O) groups is 1. The third-order valence-corrected chi connectivity index (χ3v) is 4.12. The molecule has 1 aromatic rings. The van der Waals surface area contributed by atoms with Gasteiger partial charge in [0.25, 0.3) is 0 Å². The topological polar surface area (TPSA) is 72.5 Å². The Morgan fingerprint density at radius 2 is 2.00 bits per heavy atom. The molecule has 0 aliphatic carbocycles. The molecule has 22 heavy (non-hydrogen) atoms. The first-order valence-corrected chi connectivity index (χ1v) is 8.23. The van der Waals surface area contributed by atoms with E-state index in [9.17, 15) is 26.4 Å². The van der Waals surface area contributed by atoms with E-state index in [0.29, 0.717) is 6.42 Å². The molecule has 1 rings (SSSR count). The van der Waals surface area contributed by atoms with Crippen LogP contribution >= 0.6 is 0 Å². The van der Waals surface area contributed by atoms with Gasteiger partial charge in [0.05, 0.1) is 5.75 Å². The van der Waals surface area contributed by atoms with Gasteiger partial charge in [-0.3, -0.25) is 4.79 Å². The number of halogens is 3. The van der Waals surface area contributed by atoms with Crippen molar-refractivity contribution in [3.05, 3.63) is 24.3 Å². The van der Waals surface area contributed by atoms with Gasteiger partial charge >= 0.3 is 6.18 Å². The van der Waals surface area contributed by atoms with Crippen molar-refractivity contribution in [1.82, 2.24) is 0 Å². The monoisotopic (exact) mass is 339 g/mol. The van der Waals surface area contributed by atoms with E-state index in [0.717, 1.165) is 0 Å². The Bertz CT molecular complexity index is 614. The normalized spacial score (nSPS) is 12.0. The molecule has 0 aliphatic rings. The summed E-state index contributed by atoms with van der Waals surface area (Å²) in [6.45, 7) is 0.228. The summed E-state index contributed by atoms with van der Waals surface area (Å²) < 4.78 is 63.7. The highest BCUT2D eigenvalue weighted by Gasteiger charge is 2.28. The number of amides is 1. The minimum Gasteiger partial charge on any atom is -0.484 e. The molecule has 0 unspecified atom stereocenters. The summed E-state index contributed by atoms with van der Waals surface area (Å²) in [5.74, 6) is -1.60. The first-order valence-electron chi connectivity index (χ1n) is 6.41. The molecule has 0 saturated carbocycles. The SMILES string of the molecule is CCCS(=O)(=O)CC(=O)Nc1cccc(OCC(F)(F)F)c1. The van der Waals surface area contributed by atoms with Crippen LogP contribution in [0.4, 0.5) is 18.9 Å². The Morgan fingerprint density at radius 1 is 1.32 bits per heavy atom. The molecule has 1 amide bonds. The van der Waals surface area contributed by atoms with E-state index in [-0.39, 0.29) is 17.2 Å². The lowest BCUT2D eigenvalue weighted by Gasteiger charge is -2.11. The van der Waals surface area contributed by atoms with Crippen LogP contribution in [0.2, 0.25) is 0 Å². The van der Waals surface area contributed by atoms with E-state index in [1.807, 2.05) is 0 Å². The summed E-state index contributed by atoms with van der Waals surface area (Å²) in [6, 6.07) is 5.30. The van der Waals surface area contributed by atoms with E-state index in [1.54, 1.807) is 6.92 Å². The molecular formula is C13H16F3NO4S. The fourth-order valence-electron chi connectivity index (χ4n) is 1.61. The van der Waals surface area contributed by atoms with Gasteiger partial charge in [0.15, 0.2) is 16.4 Å². The van der Waals surface area contributed by atoms with E-state index in [2.05, 4.69) is 10.1 Å². The lowest BCUT2D eigenvalue weighted by Crippen LogP contribution is -2.24. The number of alkyl halides is 3. The predicted molar refractivity (Wildman–Crippen MR) is 75.6 cm³/mol. The first kappa shape index (κ1) is 18.3. The molecule has 1 aromatic carbocycles. The zero-order chi connectivity index (χ0) is 16.8. The molecule has 0 aromatic heterocycles. The van der Waals surface area contributed by atoms with Gasteiger partial charge in [-0.2, -0.15) is 13.2 Å². The zero-order valence-electron chi connectivity index (χ0n) is 11.8. The molecule has 1 N–H and O–H groups in total. The third-order valence-electron chi connectivity index (χ3n) is 2.39. The summed E-state index contributed by atoms with van der Waals surface area (Å²) in [5, 5.41) is 2.31. The van der Waals surface area contributed by atoms with Crippen LogP contribution in [0.25, 0.3) is 0 Å². The molecule has 0 atom stereocenters. The van der Waals surface area contributed by atoms with Crippen LogP contribution < -0.4 is 10.1 Å². The number of nitrogens with one attached hydrogen (secondary N) is 1. The van der Waals surface area contributed by atoms with E-state index < -0.39 is 34.3 Å². The van der Waals surface area contributed by atoms with E-state index in [1.165, 1.54) is 24.3 Å². The molecule has 0 heterocycles. The van der Waals surface area contributed by atoms with Crippen molar-refractivity contribution >= 4 is 21.4 Å². The minimum absolute atomic E-state index is 0.0773. The fourth-order valence-corrected chi connectivity index (χ4v) is 2.85. The van der Waals surface area contributed by atoms with Crippen molar-refractivity contribution in [1.29, 1.82) is 0 Å². The van der Waals surface area contributed by atoms with Gasteiger partial charge in [-0.05, 0) is 18.6 Å². The number of rotatable bonds is 7. The quantitative estimate of drug-likeness (QED) is 0.828. The highest BCUT2D eigenvalue weighted by Crippen LogP contribution is 2.21. The largest absolute Gasteiger partial charge is 0.484 e. The van der Waals surface area contributed by atoms with Crippen LogP contribution in [0.15, 0.2) is 24.3 Å². The van der Waals surface area contributed by atoms with Crippen molar-refractivity contribution in [2.75, 3.05) is 23.4 Å². The summed E-state index contributed by atoms with van der Waals surface area (Å²) in [4.78, 5) is 11.6. The number of hydrogen-bond acceptors (Lipinski definition) is 4. The van der Waals surface area contributed by atoms with Gasteiger partial charge in [0.1, 0.15) is 11.5 Å². The molecule has 0 spiro atoms. The summed E-state index contributed by atoms with van der Waals surface area (Å²) in [5.41, 5.74) is 0.163. The maximum atomic E-state index is 12.0.